The van der Waals surface area contributed by atoms with Crippen LogP contribution in [-0.2, 0) is 9.59 Å². The van der Waals surface area contributed by atoms with Gasteiger partial charge < -0.3 is 10.2 Å². The van der Waals surface area contributed by atoms with Crippen LogP contribution in [-0.4, -0.2) is 53.8 Å². The first-order valence-electron chi connectivity index (χ1n) is 9.84. The summed E-state index contributed by atoms with van der Waals surface area (Å²) in [6.45, 7) is 2.35. The minimum Gasteiger partial charge on any atom is -0.344 e. The van der Waals surface area contributed by atoms with E-state index >= 15 is 0 Å². The first-order valence-corrected chi connectivity index (χ1v) is 9.84. The van der Waals surface area contributed by atoms with Crippen molar-refractivity contribution in [1.29, 1.82) is 0 Å². The van der Waals surface area contributed by atoms with Crippen LogP contribution in [0.1, 0.15) is 30.0 Å². The van der Waals surface area contributed by atoms with Crippen LogP contribution in [0.4, 0.5) is 8.78 Å². The zero-order valence-corrected chi connectivity index (χ0v) is 16.0. The number of carbonyl (C=O) groups excluding carboxylic acids is 2. The lowest BCUT2D eigenvalue weighted by Gasteiger charge is -2.40. The lowest BCUT2D eigenvalue weighted by atomic mass is 9.96. The van der Waals surface area contributed by atoms with Gasteiger partial charge in [0, 0.05) is 32.6 Å². The van der Waals surface area contributed by atoms with E-state index in [4.69, 9.17) is 0 Å². The highest BCUT2D eigenvalue weighted by atomic mass is 19.1. The van der Waals surface area contributed by atoms with Crippen molar-refractivity contribution in [3.8, 4) is 0 Å². The Labute approximate surface area is 168 Å². The standard InChI is InChI=1S/C22H23F2N3O2/c23-17-5-1-15(2-6-17)21(16-3-7-18(24)8-4-16)26-11-13-27(14-12-26)22(29)19-9-10-20(28)25-19/h1-8,19,21H,9-14H2,(H,25,28)/t19-/m1/s1. The molecule has 4 rings (SSSR count). The van der Waals surface area contributed by atoms with E-state index in [0.717, 1.165) is 11.1 Å². The van der Waals surface area contributed by atoms with Gasteiger partial charge >= 0.3 is 0 Å². The minimum absolute atomic E-state index is 0.0318. The normalized spacial score (nSPS) is 20.2. The van der Waals surface area contributed by atoms with Gasteiger partial charge in [-0.3, -0.25) is 14.5 Å². The van der Waals surface area contributed by atoms with Gasteiger partial charge in [-0.15, -0.1) is 0 Å². The van der Waals surface area contributed by atoms with Gasteiger partial charge in [0.05, 0.1) is 6.04 Å². The first kappa shape index (κ1) is 19.5. The maximum absolute atomic E-state index is 13.4. The number of hydrogen-bond donors (Lipinski definition) is 1. The molecule has 0 bridgehead atoms. The second-order valence-electron chi connectivity index (χ2n) is 7.53. The monoisotopic (exact) mass is 399 g/mol. The highest BCUT2D eigenvalue weighted by Crippen LogP contribution is 2.30. The van der Waals surface area contributed by atoms with Gasteiger partial charge in [0.1, 0.15) is 17.7 Å². The molecule has 2 aliphatic heterocycles. The van der Waals surface area contributed by atoms with Gasteiger partial charge in [0.2, 0.25) is 11.8 Å². The third-order valence-electron chi connectivity index (χ3n) is 5.66. The number of benzene rings is 2. The van der Waals surface area contributed by atoms with E-state index in [1.807, 2.05) is 0 Å². The van der Waals surface area contributed by atoms with E-state index in [1.54, 1.807) is 29.2 Å². The largest absolute Gasteiger partial charge is 0.344 e. The highest BCUT2D eigenvalue weighted by Gasteiger charge is 2.34. The second kappa shape index (κ2) is 8.29. The lowest BCUT2D eigenvalue weighted by Crippen LogP contribution is -2.53. The molecule has 0 aliphatic carbocycles. The average molecular weight is 399 g/mol. The molecule has 1 atom stereocenters. The van der Waals surface area contributed by atoms with Crippen LogP contribution in [0, 0.1) is 11.6 Å². The summed E-state index contributed by atoms with van der Waals surface area (Å²) in [6, 6.07) is 12.1. The summed E-state index contributed by atoms with van der Waals surface area (Å²) in [5.74, 6) is -0.716. The number of nitrogens with zero attached hydrogens (tertiary/aromatic N) is 2. The lowest BCUT2D eigenvalue weighted by molar-refractivity contribution is -0.136. The van der Waals surface area contributed by atoms with E-state index in [2.05, 4.69) is 10.2 Å². The molecule has 0 radical (unpaired) electrons. The van der Waals surface area contributed by atoms with Gasteiger partial charge in [-0.05, 0) is 41.8 Å². The van der Waals surface area contributed by atoms with E-state index in [0.29, 0.717) is 39.0 Å². The van der Waals surface area contributed by atoms with Crippen molar-refractivity contribution >= 4 is 11.8 Å². The van der Waals surface area contributed by atoms with Crippen molar-refractivity contribution in [1.82, 2.24) is 15.1 Å². The smallest absolute Gasteiger partial charge is 0.245 e. The average Bonchev–Trinajstić information content (AvgIpc) is 3.17. The molecule has 2 aromatic carbocycles. The van der Waals surface area contributed by atoms with E-state index in [-0.39, 0.29) is 29.5 Å². The molecule has 0 spiro atoms. The van der Waals surface area contributed by atoms with E-state index in [1.165, 1.54) is 24.3 Å². The van der Waals surface area contributed by atoms with Gasteiger partial charge in [-0.2, -0.15) is 0 Å². The number of hydrogen-bond acceptors (Lipinski definition) is 3. The summed E-state index contributed by atoms with van der Waals surface area (Å²) in [5, 5.41) is 2.73. The molecule has 2 fully saturated rings. The Bertz CT molecular complexity index is 832. The molecule has 0 aromatic heterocycles. The molecule has 152 valence electrons. The summed E-state index contributed by atoms with van der Waals surface area (Å²) >= 11 is 0. The molecule has 29 heavy (non-hydrogen) atoms. The summed E-state index contributed by atoms with van der Waals surface area (Å²) in [6.07, 6.45) is 0.944. The maximum Gasteiger partial charge on any atom is 0.245 e. The number of amides is 2. The van der Waals surface area contributed by atoms with Crippen LogP contribution in [0.25, 0.3) is 0 Å². The summed E-state index contributed by atoms with van der Waals surface area (Å²) in [4.78, 5) is 28.1. The molecule has 2 amide bonds. The van der Waals surface area contributed by atoms with E-state index in [9.17, 15) is 18.4 Å². The van der Waals surface area contributed by atoms with E-state index < -0.39 is 6.04 Å². The number of rotatable bonds is 4. The number of halogens is 2. The Morgan fingerprint density at radius 2 is 1.41 bits per heavy atom. The molecule has 5 nitrogen and oxygen atoms in total. The zero-order chi connectivity index (χ0) is 20.4. The number of carbonyl (C=O) groups is 2. The Morgan fingerprint density at radius 1 is 0.897 bits per heavy atom. The quantitative estimate of drug-likeness (QED) is 0.860. The second-order valence-corrected chi connectivity index (χ2v) is 7.53. The van der Waals surface area contributed by atoms with Crippen LogP contribution in [0.15, 0.2) is 48.5 Å². The summed E-state index contributed by atoms with van der Waals surface area (Å²) in [7, 11) is 0. The molecular weight excluding hydrogens is 376 g/mol. The Kier molecular flexibility index (Phi) is 5.58. The predicted octanol–water partition coefficient (Wildman–Crippen LogP) is 2.48. The SMILES string of the molecule is O=C1CC[C@H](C(=O)N2CCN(C(c3ccc(F)cc3)c3ccc(F)cc3)CC2)N1. The van der Waals surface area contributed by atoms with Crippen molar-refractivity contribution in [2.75, 3.05) is 26.2 Å². The molecule has 0 saturated carbocycles. The number of piperazine rings is 1. The van der Waals surface area contributed by atoms with Crippen molar-refractivity contribution in [3.05, 3.63) is 71.3 Å². The highest BCUT2D eigenvalue weighted by molar-refractivity contribution is 5.90. The zero-order valence-electron chi connectivity index (χ0n) is 16.0. The number of nitrogens with one attached hydrogen (secondary N) is 1. The summed E-state index contributed by atoms with van der Waals surface area (Å²) < 4.78 is 26.9. The van der Waals surface area contributed by atoms with Crippen LogP contribution in [0.5, 0.6) is 0 Å². The Morgan fingerprint density at radius 3 is 1.86 bits per heavy atom. The van der Waals surface area contributed by atoms with Gasteiger partial charge in [0.25, 0.3) is 0 Å². The van der Waals surface area contributed by atoms with Gasteiger partial charge in [0.15, 0.2) is 0 Å². The Balaban J connectivity index is 1.50. The molecule has 7 heteroatoms. The molecule has 0 unspecified atom stereocenters. The topological polar surface area (TPSA) is 52.7 Å². The van der Waals surface area contributed by atoms with Crippen molar-refractivity contribution < 1.29 is 18.4 Å². The van der Waals surface area contributed by atoms with Crippen LogP contribution in [0.3, 0.4) is 0 Å². The fraction of sp³-hybridized carbons (Fsp3) is 0.364. The third-order valence-corrected chi connectivity index (χ3v) is 5.66. The van der Waals surface area contributed by atoms with Crippen molar-refractivity contribution in [2.24, 2.45) is 0 Å². The van der Waals surface area contributed by atoms with Crippen LogP contribution >= 0.6 is 0 Å². The fourth-order valence-electron chi connectivity index (χ4n) is 4.12. The molecular formula is C22H23F2N3O2. The molecule has 2 aromatic rings. The molecule has 2 aliphatic rings. The molecule has 1 N–H and O–H groups in total. The molecule has 2 heterocycles. The van der Waals surface area contributed by atoms with Crippen LogP contribution < -0.4 is 5.32 Å². The third kappa shape index (κ3) is 4.29. The maximum atomic E-state index is 13.4. The summed E-state index contributed by atoms with van der Waals surface area (Å²) in [5.41, 5.74) is 1.83. The molecule has 2 saturated heterocycles. The van der Waals surface area contributed by atoms with Crippen molar-refractivity contribution in [2.45, 2.75) is 24.9 Å². The van der Waals surface area contributed by atoms with Gasteiger partial charge in [-0.1, -0.05) is 24.3 Å². The predicted molar refractivity (Wildman–Crippen MR) is 104 cm³/mol. The minimum atomic E-state index is -0.418. The van der Waals surface area contributed by atoms with Crippen LogP contribution in [0.2, 0.25) is 0 Å². The Hall–Kier alpha value is -2.80. The first-order chi connectivity index (χ1) is 14.0. The fourth-order valence-corrected chi connectivity index (χ4v) is 4.12. The van der Waals surface area contributed by atoms with Crippen molar-refractivity contribution in [3.63, 3.8) is 0 Å². The van der Waals surface area contributed by atoms with Gasteiger partial charge in [-0.25, -0.2) is 8.78 Å².